The van der Waals surface area contributed by atoms with E-state index < -0.39 is 0 Å². The standard InChI is InChI=1S/C15H30/c1-5-13(15-11-14(15)6-2)10-8-7-9-12(3)4/h12-15H,5-11H2,1-4H3. The average molecular weight is 210 g/mol. The summed E-state index contributed by atoms with van der Waals surface area (Å²) in [5.74, 6) is 4.16. The van der Waals surface area contributed by atoms with Gasteiger partial charge in [0.1, 0.15) is 0 Å². The first kappa shape index (κ1) is 13.1. The second-order valence-electron chi connectivity index (χ2n) is 5.91. The predicted molar refractivity (Wildman–Crippen MR) is 69.0 cm³/mol. The second kappa shape index (κ2) is 6.55. The lowest BCUT2D eigenvalue weighted by Gasteiger charge is -2.14. The quantitative estimate of drug-likeness (QED) is 0.478. The van der Waals surface area contributed by atoms with Gasteiger partial charge in [-0.25, -0.2) is 0 Å². The Labute approximate surface area is 96.8 Å². The van der Waals surface area contributed by atoms with Crippen molar-refractivity contribution in [1.82, 2.24) is 0 Å². The minimum Gasteiger partial charge on any atom is -0.0651 e. The van der Waals surface area contributed by atoms with Gasteiger partial charge in [0.05, 0.1) is 0 Å². The minimum atomic E-state index is 0.898. The summed E-state index contributed by atoms with van der Waals surface area (Å²) in [6.07, 6.45) is 10.2. The molecule has 0 nitrogen and oxygen atoms in total. The third kappa shape index (κ3) is 4.57. The van der Waals surface area contributed by atoms with Crippen LogP contribution >= 0.6 is 0 Å². The topological polar surface area (TPSA) is 0 Å². The summed E-state index contributed by atoms with van der Waals surface area (Å²) in [4.78, 5) is 0. The molecule has 15 heavy (non-hydrogen) atoms. The van der Waals surface area contributed by atoms with Gasteiger partial charge in [-0.05, 0) is 30.1 Å². The third-order valence-electron chi connectivity index (χ3n) is 4.24. The summed E-state index contributed by atoms with van der Waals surface area (Å²) in [5, 5.41) is 0. The van der Waals surface area contributed by atoms with Crippen molar-refractivity contribution >= 4 is 0 Å². The van der Waals surface area contributed by atoms with Gasteiger partial charge in [0.25, 0.3) is 0 Å². The zero-order valence-electron chi connectivity index (χ0n) is 11.3. The molecule has 0 bridgehead atoms. The van der Waals surface area contributed by atoms with E-state index in [2.05, 4.69) is 27.7 Å². The van der Waals surface area contributed by atoms with Crippen LogP contribution < -0.4 is 0 Å². The molecule has 1 fully saturated rings. The van der Waals surface area contributed by atoms with Crippen LogP contribution in [0.1, 0.15) is 72.6 Å². The normalized spacial score (nSPS) is 27.0. The second-order valence-corrected chi connectivity index (χ2v) is 5.91. The highest BCUT2D eigenvalue weighted by molar-refractivity contribution is 4.89. The maximum Gasteiger partial charge on any atom is -0.0355 e. The first-order chi connectivity index (χ1) is 7.19. The number of unbranched alkanes of at least 4 members (excludes halogenated alkanes) is 1. The fraction of sp³-hybridized carbons (Fsp3) is 1.00. The Kier molecular flexibility index (Phi) is 5.71. The van der Waals surface area contributed by atoms with Crippen LogP contribution in [0.4, 0.5) is 0 Å². The van der Waals surface area contributed by atoms with E-state index in [1.807, 2.05) is 0 Å². The zero-order valence-corrected chi connectivity index (χ0v) is 11.3. The van der Waals surface area contributed by atoms with Gasteiger partial charge in [0, 0.05) is 0 Å². The van der Waals surface area contributed by atoms with E-state index in [0.717, 1.165) is 23.7 Å². The number of hydrogen-bond acceptors (Lipinski definition) is 0. The maximum absolute atomic E-state index is 2.39. The van der Waals surface area contributed by atoms with Crippen molar-refractivity contribution in [1.29, 1.82) is 0 Å². The minimum absolute atomic E-state index is 0.898. The smallest absolute Gasteiger partial charge is 0.0355 e. The molecule has 0 amide bonds. The van der Waals surface area contributed by atoms with Crippen molar-refractivity contribution in [3.8, 4) is 0 Å². The number of rotatable bonds is 8. The Bertz CT molecular complexity index is 159. The highest BCUT2D eigenvalue weighted by Crippen LogP contribution is 2.49. The van der Waals surface area contributed by atoms with Crippen LogP contribution in [0.5, 0.6) is 0 Å². The zero-order chi connectivity index (χ0) is 11.3. The molecule has 0 heteroatoms. The number of hydrogen-bond donors (Lipinski definition) is 0. The third-order valence-corrected chi connectivity index (χ3v) is 4.24. The van der Waals surface area contributed by atoms with E-state index in [1.165, 1.54) is 38.5 Å². The monoisotopic (exact) mass is 210 g/mol. The molecule has 0 N–H and O–H groups in total. The molecule has 3 atom stereocenters. The molecule has 0 aromatic carbocycles. The predicted octanol–water partition coefficient (Wildman–Crippen LogP) is 5.28. The summed E-state index contributed by atoms with van der Waals surface area (Å²) in [6.45, 7) is 9.42. The molecule has 0 saturated heterocycles. The lowest BCUT2D eigenvalue weighted by molar-refractivity contribution is 0.368. The van der Waals surface area contributed by atoms with Gasteiger partial charge in [-0.3, -0.25) is 0 Å². The van der Waals surface area contributed by atoms with Gasteiger partial charge < -0.3 is 0 Å². The molecule has 1 aliphatic carbocycles. The van der Waals surface area contributed by atoms with Crippen molar-refractivity contribution in [2.75, 3.05) is 0 Å². The van der Waals surface area contributed by atoms with Crippen LogP contribution in [0, 0.1) is 23.7 Å². The Morgan fingerprint density at radius 1 is 1.07 bits per heavy atom. The van der Waals surface area contributed by atoms with Crippen molar-refractivity contribution < 1.29 is 0 Å². The van der Waals surface area contributed by atoms with E-state index in [0.29, 0.717) is 0 Å². The van der Waals surface area contributed by atoms with Gasteiger partial charge >= 0.3 is 0 Å². The highest BCUT2D eigenvalue weighted by Gasteiger charge is 2.39. The molecule has 90 valence electrons. The molecule has 0 heterocycles. The summed E-state index contributed by atoms with van der Waals surface area (Å²) >= 11 is 0. The van der Waals surface area contributed by atoms with Crippen LogP contribution in [0.15, 0.2) is 0 Å². The van der Waals surface area contributed by atoms with Gasteiger partial charge in [0.15, 0.2) is 0 Å². The summed E-state index contributed by atoms with van der Waals surface area (Å²) in [5.41, 5.74) is 0. The lowest BCUT2D eigenvalue weighted by Crippen LogP contribution is -2.03. The van der Waals surface area contributed by atoms with Gasteiger partial charge in [-0.15, -0.1) is 0 Å². The maximum atomic E-state index is 2.39. The average Bonchev–Trinajstić information content (AvgIpc) is 2.97. The van der Waals surface area contributed by atoms with E-state index in [4.69, 9.17) is 0 Å². The largest absolute Gasteiger partial charge is 0.0651 e. The first-order valence-corrected chi connectivity index (χ1v) is 7.19. The van der Waals surface area contributed by atoms with E-state index in [9.17, 15) is 0 Å². The Morgan fingerprint density at radius 3 is 2.20 bits per heavy atom. The molecule has 1 aliphatic rings. The molecule has 0 aliphatic heterocycles. The fourth-order valence-corrected chi connectivity index (χ4v) is 3.00. The molecular weight excluding hydrogens is 180 g/mol. The molecule has 0 spiro atoms. The van der Waals surface area contributed by atoms with Crippen LogP contribution in [0.2, 0.25) is 0 Å². The van der Waals surface area contributed by atoms with Gasteiger partial charge in [0.2, 0.25) is 0 Å². The Morgan fingerprint density at radius 2 is 1.73 bits per heavy atom. The van der Waals surface area contributed by atoms with Gasteiger partial charge in [-0.1, -0.05) is 66.2 Å². The van der Waals surface area contributed by atoms with Crippen LogP contribution in [-0.2, 0) is 0 Å². The highest BCUT2D eigenvalue weighted by atomic mass is 14.4. The van der Waals surface area contributed by atoms with Crippen LogP contribution in [0.25, 0.3) is 0 Å². The van der Waals surface area contributed by atoms with Crippen LogP contribution in [0.3, 0.4) is 0 Å². The summed E-state index contributed by atoms with van der Waals surface area (Å²) in [7, 11) is 0. The molecule has 0 aromatic heterocycles. The summed E-state index contributed by atoms with van der Waals surface area (Å²) < 4.78 is 0. The van der Waals surface area contributed by atoms with Crippen molar-refractivity contribution in [3.05, 3.63) is 0 Å². The molecular formula is C15H30. The summed E-state index contributed by atoms with van der Waals surface area (Å²) in [6, 6.07) is 0. The molecule has 1 saturated carbocycles. The Hall–Kier alpha value is 0. The molecule has 1 rings (SSSR count). The van der Waals surface area contributed by atoms with E-state index >= 15 is 0 Å². The first-order valence-electron chi connectivity index (χ1n) is 7.19. The molecule has 3 unspecified atom stereocenters. The van der Waals surface area contributed by atoms with Crippen LogP contribution in [-0.4, -0.2) is 0 Å². The Balaban J connectivity index is 2.07. The van der Waals surface area contributed by atoms with Gasteiger partial charge in [-0.2, -0.15) is 0 Å². The fourth-order valence-electron chi connectivity index (χ4n) is 3.00. The van der Waals surface area contributed by atoms with Crippen molar-refractivity contribution in [2.24, 2.45) is 23.7 Å². The molecule has 0 radical (unpaired) electrons. The van der Waals surface area contributed by atoms with Crippen molar-refractivity contribution in [3.63, 3.8) is 0 Å². The van der Waals surface area contributed by atoms with E-state index in [-0.39, 0.29) is 0 Å². The van der Waals surface area contributed by atoms with Crippen molar-refractivity contribution in [2.45, 2.75) is 72.6 Å². The lowest BCUT2D eigenvalue weighted by atomic mass is 9.91. The SMILES string of the molecule is CCC(CCCCC(C)C)C1CC1CC. The molecule has 0 aromatic rings. The van der Waals surface area contributed by atoms with E-state index in [1.54, 1.807) is 6.42 Å².